The van der Waals surface area contributed by atoms with Gasteiger partial charge in [0.2, 0.25) is 10.0 Å². The van der Waals surface area contributed by atoms with Gasteiger partial charge in [0.25, 0.3) is 0 Å². The number of ether oxygens (including phenoxy) is 2. The van der Waals surface area contributed by atoms with Crippen LogP contribution in [0.3, 0.4) is 0 Å². The minimum atomic E-state index is -3.07. The number of nitrogens with one attached hydrogen (secondary N) is 1. The third-order valence-corrected chi connectivity index (χ3v) is 5.97. The quantitative estimate of drug-likeness (QED) is 0.324. The summed E-state index contributed by atoms with van der Waals surface area (Å²) < 4.78 is 35.7. The van der Waals surface area contributed by atoms with E-state index in [-0.39, 0.29) is 30.1 Å². The van der Waals surface area contributed by atoms with Crippen LogP contribution in [0.5, 0.6) is 0 Å². The summed E-state index contributed by atoms with van der Waals surface area (Å²) in [6, 6.07) is 0. The van der Waals surface area contributed by atoms with Crippen LogP contribution in [-0.2, 0) is 19.5 Å². The van der Waals surface area contributed by atoms with Gasteiger partial charge in [0.1, 0.15) is 0 Å². The van der Waals surface area contributed by atoms with Crippen LogP contribution in [0.4, 0.5) is 0 Å². The van der Waals surface area contributed by atoms with Gasteiger partial charge in [-0.25, -0.2) is 12.7 Å². The first kappa shape index (κ1) is 23.9. The summed E-state index contributed by atoms with van der Waals surface area (Å²) >= 11 is 0. The number of hydrogen-bond donors (Lipinski definition) is 1. The highest BCUT2D eigenvalue weighted by molar-refractivity contribution is 14.0. The van der Waals surface area contributed by atoms with Gasteiger partial charge in [-0.1, -0.05) is 0 Å². The molecule has 1 N–H and O–H groups in total. The van der Waals surface area contributed by atoms with Crippen LogP contribution in [0.25, 0.3) is 0 Å². The molecule has 2 saturated heterocycles. The third kappa shape index (κ3) is 7.45. The van der Waals surface area contributed by atoms with Crippen molar-refractivity contribution in [3.8, 4) is 0 Å². The largest absolute Gasteiger partial charge is 0.382 e. The number of nitrogens with zero attached hydrogens (tertiary/aromatic N) is 3. The van der Waals surface area contributed by atoms with E-state index in [2.05, 4.69) is 17.1 Å². The van der Waals surface area contributed by atoms with Gasteiger partial charge < -0.3 is 19.7 Å². The molecule has 0 radical (unpaired) electrons. The maximum absolute atomic E-state index is 11.6. The number of aliphatic imine (C=N–C) groups is 1. The molecule has 2 rings (SSSR count). The molecule has 0 spiro atoms. The summed E-state index contributed by atoms with van der Waals surface area (Å²) in [5.74, 6) is 1.35. The third-order valence-electron chi connectivity index (χ3n) is 4.67. The first-order valence-corrected chi connectivity index (χ1v) is 10.9. The second kappa shape index (κ2) is 11.6. The van der Waals surface area contributed by atoms with Crippen molar-refractivity contribution in [3.05, 3.63) is 0 Å². The zero-order valence-corrected chi connectivity index (χ0v) is 19.2. The molecule has 2 aliphatic heterocycles. The highest BCUT2D eigenvalue weighted by atomic mass is 127. The molecule has 1 unspecified atom stereocenters. The Hall–Kier alpha value is -0.170. The summed E-state index contributed by atoms with van der Waals surface area (Å²) in [4.78, 5) is 7.03. The van der Waals surface area contributed by atoms with E-state index in [1.165, 1.54) is 6.26 Å². The molecule has 26 heavy (non-hydrogen) atoms. The Morgan fingerprint density at radius 3 is 2.58 bits per heavy atom. The van der Waals surface area contributed by atoms with Gasteiger partial charge >= 0.3 is 0 Å². The van der Waals surface area contributed by atoms with Crippen molar-refractivity contribution in [1.82, 2.24) is 14.5 Å². The smallest absolute Gasteiger partial charge is 0.211 e. The van der Waals surface area contributed by atoms with Crippen molar-refractivity contribution in [2.24, 2.45) is 10.9 Å². The second-order valence-electron chi connectivity index (χ2n) is 6.69. The molecule has 2 fully saturated rings. The normalized spacial score (nSPS) is 23.6. The number of rotatable bonds is 6. The Bertz CT molecular complexity index is 536. The number of methoxy groups -OCH3 is 1. The van der Waals surface area contributed by atoms with E-state index in [1.54, 1.807) is 11.4 Å². The predicted octanol–water partition coefficient (Wildman–Crippen LogP) is 0.589. The van der Waals surface area contributed by atoms with Crippen LogP contribution in [0, 0.1) is 5.92 Å². The molecule has 0 aromatic rings. The average Bonchev–Trinajstić information content (AvgIpc) is 2.59. The number of sulfonamides is 1. The van der Waals surface area contributed by atoms with Gasteiger partial charge in [-0.2, -0.15) is 0 Å². The van der Waals surface area contributed by atoms with E-state index < -0.39 is 10.0 Å². The summed E-state index contributed by atoms with van der Waals surface area (Å²) in [5, 5.41) is 3.36. The molecular formula is C16H33IN4O4S. The maximum Gasteiger partial charge on any atom is 0.211 e. The number of halogens is 1. The fraction of sp³-hybridized carbons (Fsp3) is 0.938. The van der Waals surface area contributed by atoms with E-state index >= 15 is 0 Å². The standard InChI is InChI=1S/C16H32N4O4S.HI/c1-4-17-16(19-9-10-24-15(12-19)13-23-2)18-11-14-5-7-20(8-6-14)25(3,21)22;/h14-15H,4-13H2,1-3H3,(H,17,18);1H. The average molecular weight is 504 g/mol. The van der Waals surface area contributed by atoms with Crippen molar-refractivity contribution >= 4 is 40.0 Å². The molecule has 0 aliphatic carbocycles. The van der Waals surface area contributed by atoms with Crippen molar-refractivity contribution in [3.63, 3.8) is 0 Å². The van der Waals surface area contributed by atoms with Gasteiger partial charge in [-0.05, 0) is 25.7 Å². The molecule has 8 nitrogen and oxygen atoms in total. The van der Waals surface area contributed by atoms with Gasteiger partial charge in [0.05, 0.1) is 25.6 Å². The first-order chi connectivity index (χ1) is 11.9. The molecule has 2 aliphatic rings. The Balaban J connectivity index is 0.00000338. The second-order valence-corrected chi connectivity index (χ2v) is 8.68. The number of hydrogen-bond acceptors (Lipinski definition) is 5. The summed E-state index contributed by atoms with van der Waals surface area (Å²) in [6.45, 7) is 7.65. The monoisotopic (exact) mass is 504 g/mol. The lowest BCUT2D eigenvalue weighted by atomic mass is 9.98. The molecule has 0 amide bonds. The minimum Gasteiger partial charge on any atom is -0.382 e. The Morgan fingerprint density at radius 1 is 1.31 bits per heavy atom. The van der Waals surface area contributed by atoms with E-state index in [0.29, 0.717) is 32.2 Å². The molecule has 0 aromatic carbocycles. The number of piperidine rings is 1. The van der Waals surface area contributed by atoms with Gasteiger partial charge in [-0.3, -0.25) is 4.99 Å². The van der Waals surface area contributed by atoms with E-state index in [1.807, 2.05) is 0 Å². The van der Waals surface area contributed by atoms with E-state index in [0.717, 1.165) is 45.0 Å². The van der Waals surface area contributed by atoms with Crippen LogP contribution in [0.15, 0.2) is 4.99 Å². The molecule has 154 valence electrons. The van der Waals surface area contributed by atoms with E-state index in [4.69, 9.17) is 14.5 Å². The van der Waals surface area contributed by atoms with Crippen molar-refractivity contribution in [2.75, 3.05) is 65.8 Å². The van der Waals surface area contributed by atoms with Crippen molar-refractivity contribution < 1.29 is 17.9 Å². The number of guanidine groups is 1. The topological polar surface area (TPSA) is 83.5 Å². The highest BCUT2D eigenvalue weighted by Crippen LogP contribution is 2.19. The minimum absolute atomic E-state index is 0. The zero-order valence-electron chi connectivity index (χ0n) is 16.0. The molecule has 2 heterocycles. The molecule has 0 bridgehead atoms. The SMILES string of the molecule is CCNC(=NCC1CCN(S(C)(=O)=O)CC1)N1CCOC(COC)C1.I. The van der Waals surface area contributed by atoms with Gasteiger partial charge in [0, 0.05) is 46.4 Å². The number of morpholine rings is 1. The molecule has 0 saturated carbocycles. The fourth-order valence-corrected chi connectivity index (χ4v) is 4.14. The van der Waals surface area contributed by atoms with Crippen molar-refractivity contribution in [2.45, 2.75) is 25.9 Å². The van der Waals surface area contributed by atoms with Gasteiger partial charge in [-0.15, -0.1) is 24.0 Å². The van der Waals surface area contributed by atoms with Crippen LogP contribution in [-0.4, -0.2) is 95.5 Å². The molecule has 0 aromatic heterocycles. The van der Waals surface area contributed by atoms with E-state index in [9.17, 15) is 8.42 Å². The van der Waals surface area contributed by atoms with Crippen molar-refractivity contribution in [1.29, 1.82) is 0 Å². The molecule has 10 heteroatoms. The van der Waals surface area contributed by atoms with Crippen LogP contribution < -0.4 is 5.32 Å². The van der Waals surface area contributed by atoms with Crippen LogP contribution >= 0.6 is 24.0 Å². The zero-order chi connectivity index (χ0) is 18.3. The molecular weight excluding hydrogens is 471 g/mol. The lowest BCUT2D eigenvalue weighted by Crippen LogP contribution is -2.51. The lowest BCUT2D eigenvalue weighted by molar-refractivity contribution is -0.0447. The highest BCUT2D eigenvalue weighted by Gasteiger charge is 2.26. The Morgan fingerprint density at radius 2 is 2.00 bits per heavy atom. The summed E-state index contributed by atoms with van der Waals surface area (Å²) in [7, 11) is -1.38. The Kier molecular flexibility index (Phi) is 10.7. The van der Waals surface area contributed by atoms with Gasteiger partial charge in [0.15, 0.2) is 5.96 Å². The van der Waals surface area contributed by atoms with Crippen LogP contribution in [0.2, 0.25) is 0 Å². The fourth-order valence-electron chi connectivity index (χ4n) is 3.26. The maximum atomic E-state index is 11.6. The first-order valence-electron chi connectivity index (χ1n) is 9.03. The lowest BCUT2D eigenvalue weighted by Gasteiger charge is -2.35. The summed E-state index contributed by atoms with van der Waals surface area (Å²) in [5.41, 5.74) is 0. The summed E-state index contributed by atoms with van der Waals surface area (Å²) in [6.07, 6.45) is 3.08. The van der Waals surface area contributed by atoms with Crippen LogP contribution in [0.1, 0.15) is 19.8 Å². The molecule has 1 atom stereocenters. The predicted molar refractivity (Wildman–Crippen MR) is 114 cm³/mol. The Labute approximate surface area is 174 Å².